The normalized spacial score (nSPS) is 24.4. The van der Waals surface area contributed by atoms with E-state index in [2.05, 4.69) is 5.32 Å². The van der Waals surface area contributed by atoms with E-state index in [1.165, 1.54) is 6.92 Å². The fourth-order valence-electron chi connectivity index (χ4n) is 4.49. The van der Waals surface area contributed by atoms with Gasteiger partial charge < -0.3 is 20.7 Å². The molecule has 1 aromatic rings. The van der Waals surface area contributed by atoms with Crippen molar-refractivity contribution in [1.82, 2.24) is 5.32 Å². The number of carbonyl (C=O) groups is 2. The minimum Gasteiger partial charge on any atom is -0.535 e. The van der Waals surface area contributed by atoms with Crippen molar-refractivity contribution in [3.8, 4) is 5.75 Å². The van der Waals surface area contributed by atoms with Gasteiger partial charge >= 0.3 is 7.12 Å². The molecule has 0 amide bonds. The van der Waals surface area contributed by atoms with Gasteiger partial charge in [0.2, 0.25) is 0 Å². The second kappa shape index (κ2) is 9.68. The first-order valence-corrected chi connectivity index (χ1v) is 10.4. The highest BCUT2D eigenvalue weighted by atomic mass is 16.5. The van der Waals surface area contributed by atoms with Gasteiger partial charge in [-0.3, -0.25) is 9.59 Å². The van der Waals surface area contributed by atoms with E-state index in [1.54, 1.807) is 6.07 Å². The summed E-state index contributed by atoms with van der Waals surface area (Å²) in [6.45, 7) is 2.99. The SMILES string of the molecule is CC(=O)c1cccc2c1OB(O)[C@@H](CC(=O)CC1CCC(NCCN)CC1)C2. The average Bonchev–Trinajstić information content (AvgIpc) is 2.67. The first kappa shape index (κ1) is 21.0. The maximum Gasteiger partial charge on any atom is 0.526 e. The van der Waals surface area contributed by atoms with Crippen LogP contribution in [-0.2, 0) is 11.2 Å². The van der Waals surface area contributed by atoms with Crippen LogP contribution in [0.2, 0.25) is 5.82 Å². The molecule has 4 N–H and O–H groups in total. The fourth-order valence-corrected chi connectivity index (χ4v) is 4.49. The molecule has 7 heteroatoms. The molecule has 0 radical (unpaired) electrons. The lowest BCUT2D eigenvalue weighted by Gasteiger charge is -2.30. The van der Waals surface area contributed by atoms with Gasteiger partial charge in [0, 0.05) is 37.8 Å². The number of Topliss-reactive ketones (excluding diaryl/α,β-unsaturated/α-hetero) is 2. The van der Waals surface area contributed by atoms with Gasteiger partial charge in [0.25, 0.3) is 0 Å². The van der Waals surface area contributed by atoms with Crippen LogP contribution in [0.1, 0.15) is 61.4 Å². The van der Waals surface area contributed by atoms with Crippen LogP contribution >= 0.6 is 0 Å². The van der Waals surface area contributed by atoms with Gasteiger partial charge in [0.05, 0.1) is 5.56 Å². The molecular formula is C21H31BN2O4. The smallest absolute Gasteiger partial charge is 0.526 e. The first-order valence-electron chi connectivity index (χ1n) is 10.4. The maximum absolute atomic E-state index is 12.6. The Hall–Kier alpha value is -1.70. The summed E-state index contributed by atoms with van der Waals surface area (Å²) in [5.41, 5.74) is 6.92. The van der Waals surface area contributed by atoms with Gasteiger partial charge in [-0.05, 0) is 56.6 Å². The Morgan fingerprint density at radius 2 is 2.00 bits per heavy atom. The molecule has 6 nitrogen and oxygen atoms in total. The van der Waals surface area contributed by atoms with Crippen LogP contribution in [0, 0.1) is 5.92 Å². The molecule has 1 aliphatic carbocycles. The highest BCUT2D eigenvalue weighted by Crippen LogP contribution is 2.37. The van der Waals surface area contributed by atoms with Crippen LogP contribution in [0.3, 0.4) is 0 Å². The molecule has 0 aromatic heterocycles. The van der Waals surface area contributed by atoms with Crippen LogP contribution in [0.15, 0.2) is 18.2 Å². The predicted molar refractivity (Wildman–Crippen MR) is 110 cm³/mol. The van der Waals surface area contributed by atoms with E-state index in [0.29, 0.717) is 49.1 Å². The second-order valence-corrected chi connectivity index (χ2v) is 8.23. The lowest BCUT2D eigenvalue weighted by atomic mass is 9.64. The Kier molecular flexibility index (Phi) is 7.27. The molecule has 2 aliphatic rings. The highest BCUT2D eigenvalue weighted by molar-refractivity contribution is 6.47. The van der Waals surface area contributed by atoms with Gasteiger partial charge in [0.15, 0.2) is 5.78 Å². The van der Waals surface area contributed by atoms with E-state index in [-0.39, 0.29) is 17.4 Å². The van der Waals surface area contributed by atoms with Crippen LogP contribution in [0.4, 0.5) is 0 Å². The Morgan fingerprint density at radius 1 is 1.25 bits per heavy atom. The molecule has 0 unspecified atom stereocenters. The van der Waals surface area contributed by atoms with Gasteiger partial charge in [-0.15, -0.1) is 0 Å². The van der Waals surface area contributed by atoms with Crippen molar-refractivity contribution < 1.29 is 19.3 Å². The van der Waals surface area contributed by atoms with E-state index in [4.69, 9.17) is 10.4 Å². The van der Waals surface area contributed by atoms with Crippen molar-refractivity contribution in [2.45, 2.75) is 63.7 Å². The molecule has 1 heterocycles. The zero-order valence-corrected chi connectivity index (χ0v) is 16.7. The lowest BCUT2D eigenvalue weighted by Crippen LogP contribution is -2.37. The minimum absolute atomic E-state index is 0.0878. The largest absolute Gasteiger partial charge is 0.535 e. The lowest BCUT2D eigenvalue weighted by molar-refractivity contribution is -0.120. The molecule has 1 aliphatic heterocycles. The molecule has 1 fully saturated rings. The van der Waals surface area contributed by atoms with Crippen LogP contribution in [-0.4, -0.2) is 42.8 Å². The summed E-state index contributed by atoms with van der Waals surface area (Å²) in [6, 6.07) is 5.96. The zero-order valence-electron chi connectivity index (χ0n) is 16.7. The summed E-state index contributed by atoms with van der Waals surface area (Å²) in [5, 5.41) is 13.8. The third-order valence-corrected chi connectivity index (χ3v) is 6.03. The van der Waals surface area contributed by atoms with Crippen LogP contribution in [0.25, 0.3) is 0 Å². The van der Waals surface area contributed by atoms with Crippen LogP contribution < -0.4 is 15.7 Å². The molecule has 1 aromatic carbocycles. The number of para-hydroxylation sites is 1. The number of benzene rings is 1. The fraction of sp³-hybridized carbons (Fsp3) is 0.619. The standard InChI is InChI=1S/C21H31BN2O4/c1-14(25)20-4-2-3-16-12-17(22(27)28-21(16)20)13-19(26)11-15-5-7-18(8-6-15)24-10-9-23/h2-4,15,17-18,24,27H,5-13,23H2,1H3/t15?,17-,18?/m1/s1. The summed E-state index contributed by atoms with van der Waals surface area (Å²) in [7, 11) is -1.05. The summed E-state index contributed by atoms with van der Waals surface area (Å²) in [6.07, 6.45) is 5.75. The third kappa shape index (κ3) is 5.22. The Bertz CT molecular complexity index is 704. The number of hydrogen-bond donors (Lipinski definition) is 3. The van der Waals surface area contributed by atoms with Crippen molar-refractivity contribution in [1.29, 1.82) is 0 Å². The van der Waals surface area contributed by atoms with Crippen molar-refractivity contribution in [3.05, 3.63) is 29.3 Å². The molecule has 28 heavy (non-hydrogen) atoms. The number of fused-ring (bicyclic) bond motifs is 1. The number of carbonyl (C=O) groups excluding carboxylic acids is 2. The van der Waals surface area contributed by atoms with E-state index in [9.17, 15) is 14.6 Å². The molecule has 1 atom stereocenters. The average molecular weight is 386 g/mol. The van der Waals surface area contributed by atoms with Gasteiger partial charge in [-0.1, -0.05) is 12.1 Å². The highest BCUT2D eigenvalue weighted by Gasteiger charge is 2.37. The van der Waals surface area contributed by atoms with E-state index in [1.807, 2.05) is 12.1 Å². The molecule has 0 spiro atoms. The Morgan fingerprint density at radius 3 is 2.68 bits per heavy atom. The third-order valence-electron chi connectivity index (χ3n) is 6.03. The van der Waals surface area contributed by atoms with Crippen molar-refractivity contribution in [2.75, 3.05) is 13.1 Å². The summed E-state index contributed by atoms with van der Waals surface area (Å²) >= 11 is 0. The summed E-state index contributed by atoms with van der Waals surface area (Å²) < 4.78 is 5.64. The first-order chi connectivity index (χ1) is 13.5. The van der Waals surface area contributed by atoms with Gasteiger partial charge in [-0.2, -0.15) is 0 Å². The van der Waals surface area contributed by atoms with Crippen molar-refractivity contribution in [3.63, 3.8) is 0 Å². The zero-order chi connectivity index (χ0) is 20.1. The topological polar surface area (TPSA) is 102 Å². The monoisotopic (exact) mass is 386 g/mol. The Labute approximate surface area is 167 Å². The molecule has 3 rings (SSSR count). The molecule has 1 saturated carbocycles. The number of rotatable bonds is 8. The molecular weight excluding hydrogens is 355 g/mol. The summed E-state index contributed by atoms with van der Waals surface area (Å²) in [4.78, 5) is 24.4. The van der Waals surface area contributed by atoms with E-state index >= 15 is 0 Å². The number of hydrogen-bond acceptors (Lipinski definition) is 6. The Balaban J connectivity index is 1.51. The number of nitrogens with one attached hydrogen (secondary N) is 1. The summed E-state index contributed by atoms with van der Waals surface area (Å²) in [5.74, 6) is 0.744. The number of ketones is 2. The van der Waals surface area contributed by atoms with Crippen molar-refractivity contribution in [2.24, 2.45) is 11.7 Å². The second-order valence-electron chi connectivity index (χ2n) is 8.23. The van der Waals surface area contributed by atoms with Gasteiger partial charge in [0.1, 0.15) is 11.5 Å². The van der Waals surface area contributed by atoms with Gasteiger partial charge in [-0.25, -0.2) is 0 Å². The predicted octanol–water partition coefficient (Wildman–Crippen LogP) is 2.13. The van der Waals surface area contributed by atoms with E-state index < -0.39 is 7.12 Å². The minimum atomic E-state index is -1.05. The maximum atomic E-state index is 12.6. The van der Waals surface area contributed by atoms with Crippen LogP contribution in [0.5, 0.6) is 5.75 Å². The number of nitrogens with two attached hydrogens (primary N) is 1. The molecule has 152 valence electrons. The quantitative estimate of drug-likeness (QED) is 0.467. The van der Waals surface area contributed by atoms with Crippen molar-refractivity contribution >= 4 is 18.7 Å². The molecule has 0 saturated heterocycles. The van der Waals surface area contributed by atoms with E-state index in [0.717, 1.165) is 37.8 Å². The molecule has 0 bridgehead atoms.